The van der Waals surface area contributed by atoms with Crippen LogP contribution in [0.5, 0.6) is 5.75 Å². The van der Waals surface area contributed by atoms with E-state index in [1.54, 1.807) is 18.2 Å². The van der Waals surface area contributed by atoms with Crippen LogP contribution in [0.1, 0.15) is 46.6 Å². The second-order valence-electron chi connectivity index (χ2n) is 7.27. The molecule has 0 fully saturated rings. The Balaban J connectivity index is 1.90. The highest BCUT2D eigenvalue weighted by Crippen LogP contribution is 2.44. The number of hydrogen-bond acceptors (Lipinski definition) is 3. The van der Waals surface area contributed by atoms with Crippen LogP contribution >= 0.6 is 0 Å². The number of carboxylic acid groups (broad SMARTS) is 1. The zero-order chi connectivity index (χ0) is 18.6. The van der Waals surface area contributed by atoms with Gasteiger partial charge in [-0.1, -0.05) is 26.0 Å². The van der Waals surface area contributed by atoms with E-state index >= 15 is 0 Å². The number of nitrogens with one attached hydrogen (secondary N) is 1. The molecule has 0 spiro atoms. The van der Waals surface area contributed by atoms with Crippen molar-refractivity contribution in [2.75, 3.05) is 6.61 Å². The summed E-state index contributed by atoms with van der Waals surface area (Å²) in [6, 6.07) is 11.2. The summed E-state index contributed by atoms with van der Waals surface area (Å²) < 4.78 is 5.30. The van der Waals surface area contributed by atoms with E-state index < -0.39 is 18.0 Å². The standard InChI is InChI=1S/C21H19NO4/c1-11-4-6-14-16(8-11)22-20-18(14)19(25)13-7-5-12(26-10-17(23)24)9-15(13)21(20,2)3/h4-9,22H,10H2,1-3H3,(H,23,24). The van der Waals surface area contributed by atoms with Gasteiger partial charge in [0.1, 0.15) is 5.75 Å². The summed E-state index contributed by atoms with van der Waals surface area (Å²) in [6.07, 6.45) is 0. The van der Waals surface area contributed by atoms with Gasteiger partial charge in [0.15, 0.2) is 12.4 Å². The number of H-pyrrole nitrogens is 1. The Morgan fingerprint density at radius 1 is 1.19 bits per heavy atom. The van der Waals surface area contributed by atoms with Gasteiger partial charge in [0, 0.05) is 27.6 Å². The van der Waals surface area contributed by atoms with Crippen molar-refractivity contribution in [1.29, 1.82) is 0 Å². The zero-order valence-electron chi connectivity index (χ0n) is 14.8. The normalized spacial score (nSPS) is 14.8. The predicted octanol–water partition coefficient (Wildman–Crippen LogP) is 3.81. The van der Waals surface area contributed by atoms with Crippen LogP contribution in [0.4, 0.5) is 0 Å². The van der Waals surface area contributed by atoms with Gasteiger partial charge in [-0.15, -0.1) is 0 Å². The van der Waals surface area contributed by atoms with E-state index in [1.165, 1.54) is 0 Å². The number of fused-ring (bicyclic) bond motifs is 4. The molecule has 0 amide bonds. The first kappa shape index (κ1) is 16.4. The van der Waals surface area contributed by atoms with E-state index in [1.807, 2.05) is 25.1 Å². The molecule has 1 aliphatic carbocycles. The summed E-state index contributed by atoms with van der Waals surface area (Å²) >= 11 is 0. The van der Waals surface area contributed by atoms with Crippen molar-refractivity contribution in [2.45, 2.75) is 26.2 Å². The monoisotopic (exact) mass is 349 g/mol. The highest BCUT2D eigenvalue weighted by atomic mass is 16.5. The zero-order valence-corrected chi connectivity index (χ0v) is 14.8. The number of hydrogen-bond donors (Lipinski definition) is 2. The number of aromatic nitrogens is 1. The number of benzene rings is 2. The summed E-state index contributed by atoms with van der Waals surface area (Å²) in [5, 5.41) is 9.74. The van der Waals surface area contributed by atoms with E-state index in [-0.39, 0.29) is 5.78 Å². The van der Waals surface area contributed by atoms with E-state index in [2.05, 4.69) is 18.8 Å². The minimum Gasteiger partial charge on any atom is -0.482 e. The fourth-order valence-electron chi connectivity index (χ4n) is 3.76. The second kappa shape index (κ2) is 5.46. The third-order valence-electron chi connectivity index (χ3n) is 5.08. The van der Waals surface area contributed by atoms with Crippen molar-refractivity contribution in [2.24, 2.45) is 0 Å². The molecule has 0 aliphatic heterocycles. The Morgan fingerprint density at radius 2 is 1.96 bits per heavy atom. The lowest BCUT2D eigenvalue weighted by molar-refractivity contribution is -0.139. The first-order valence-electron chi connectivity index (χ1n) is 8.45. The molecule has 26 heavy (non-hydrogen) atoms. The maximum Gasteiger partial charge on any atom is 0.341 e. The Kier molecular flexibility index (Phi) is 3.44. The van der Waals surface area contributed by atoms with Crippen LogP contribution in [-0.4, -0.2) is 28.4 Å². The summed E-state index contributed by atoms with van der Waals surface area (Å²) in [7, 11) is 0. The van der Waals surface area contributed by atoms with Crippen molar-refractivity contribution >= 4 is 22.7 Å². The molecule has 3 aromatic rings. The number of aryl methyl sites for hydroxylation is 1. The molecule has 132 valence electrons. The van der Waals surface area contributed by atoms with Crippen LogP contribution in [0.15, 0.2) is 36.4 Å². The van der Waals surface area contributed by atoms with Crippen molar-refractivity contribution in [3.05, 3.63) is 64.3 Å². The minimum atomic E-state index is -1.04. The van der Waals surface area contributed by atoms with Gasteiger partial charge in [0.2, 0.25) is 0 Å². The minimum absolute atomic E-state index is 0.0192. The first-order valence-corrected chi connectivity index (χ1v) is 8.45. The largest absolute Gasteiger partial charge is 0.482 e. The molecule has 0 radical (unpaired) electrons. The Hall–Kier alpha value is -3.08. The van der Waals surface area contributed by atoms with Crippen molar-refractivity contribution < 1.29 is 19.4 Å². The predicted molar refractivity (Wildman–Crippen MR) is 98.2 cm³/mol. The molecule has 0 atom stereocenters. The molecule has 2 aromatic carbocycles. The maximum absolute atomic E-state index is 13.2. The molecule has 1 aliphatic rings. The van der Waals surface area contributed by atoms with Crippen LogP contribution in [0.25, 0.3) is 10.9 Å². The summed E-state index contributed by atoms with van der Waals surface area (Å²) in [5.74, 6) is -0.608. The third kappa shape index (κ3) is 2.31. The van der Waals surface area contributed by atoms with Crippen molar-refractivity contribution in [3.8, 4) is 5.75 Å². The molecule has 0 bridgehead atoms. The number of aliphatic carboxylic acids is 1. The van der Waals surface area contributed by atoms with E-state index in [0.29, 0.717) is 11.3 Å². The number of rotatable bonds is 3. The van der Waals surface area contributed by atoms with E-state index in [0.717, 1.165) is 33.3 Å². The molecular weight excluding hydrogens is 330 g/mol. The SMILES string of the molecule is Cc1ccc2c3c([nH]c2c1)C(C)(C)c1cc(OCC(=O)O)ccc1C3=O. The molecule has 5 nitrogen and oxygen atoms in total. The molecule has 5 heteroatoms. The lowest BCUT2D eigenvalue weighted by Gasteiger charge is -2.32. The van der Waals surface area contributed by atoms with Gasteiger partial charge in [-0.3, -0.25) is 4.79 Å². The van der Waals surface area contributed by atoms with Crippen LogP contribution in [0.2, 0.25) is 0 Å². The Bertz CT molecular complexity index is 1080. The third-order valence-corrected chi connectivity index (χ3v) is 5.08. The van der Waals surface area contributed by atoms with Crippen molar-refractivity contribution in [3.63, 3.8) is 0 Å². The summed E-state index contributed by atoms with van der Waals surface area (Å²) in [6.45, 7) is 5.72. The Labute approximate surface area is 150 Å². The average Bonchev–Trinajstić information content (AvgIpc) is 2.97. The maximum atomic E-state index is 13.2. The lowest BCUT2D eigenvalue weighted by Crippen LogP contribution is -2.30. The number of carbonyl (C=O) groups is 2. The van der Waals surface area contributed by atoms with Crippen LogP contribution in [0, 0.1) is 6.92 Å². The number of aromatic amines is 1. The first-order chi connectivity index (χ1) is 12.3. The lowest BCUT2D eigenvalue weighted by atomic mass is 9.71. The molecule has 1 aromatic heterocycles. The average molecular weight is 349 g/mol. The number of carbonyl (C=O) groups excluding carboxylic acids is 1. The van der Waals surface area contributed by atoms with Crippen LogP contribution < -0.4 is 4.74 Å². The van der Waals surface area contributed by atoms with Gasteiger partial charge >= 0.3 is 5.97 Å². The van der Waals surface area contributed by atoms with Gasteiger partial charge in [0.25, 0.3) is 0 Å². The van der Waals surface area contributed by atoms with Crippen LogP contribution in [0.3, 0.4) is 0 Å². The number of carboxylic acids is 1. The van der Waals surface area contributed by atoms with Crippen LogP contribution in [-0.2, 0) is 10.2 Å². The molecule has 0 unspecified atom stereocenters. The highest BCUT2D eigenvalue weighted by Gasteiger charge is 2.39. The quantitative estimate of drug-likeness (QED) is 0.753. The van der Waals surface area contributed by atoms with Gasteiger partial charge in [0.05, 0.1) is 5.56 Å². The number of ether oxygens (including phenoxy) is 1. The topological polar surface area (TPSA) is 79.4 Å². The fraction of sp³-hybridized carbons (Fsp3) is 0.238. The smallest absolute Gasteiger partial charge is 0.341 e. The van der Waals surface area contributed by atoms with E-state index in [9.17, 15) is 9.59 Å². The molecular formula is C21H19NO4. The molecule has 0 saturated heterocycles. The molecule has 2 N–H and O–H groups in total. The summed E-state index contributed by atoms with van der Waals surface area (Å²) in [5.41, 5.74) is 4.71. The van der Waals surface area contributed by atoms with Gasteiger partial charge in [-0.25, -0.2) is 4.79 Å². The molecule has 4 rings (SSSR count). The Morgan fingerprint density at radius 3 is 2.69 bits per heavy atom. The fourth-order valence-corrected chi connectivity index (χ4v) is 3.76. The van der Waals surface area contributed by atoms with Crippen molar-refractivity contribution in [1.82, 2.24) is 4.98 Å². The van der Waals surface area contributed by atoms with Gasteiger partial charge < -0.3 is 14.8 Å². The van der Waals surface area contributed by atoms with Gasteiger partial charge in [-0.05, 0) is 42.3 Å². The molecule has 0 saturated carbocycles. The highest BCUT2D eigenvalue weighted by molar-refractivity contribution is 6.20. The molecule has 1 heterocycles. The second-order valence-corrected chi connectivity index (χ2v) is 7.27. The van der Waals surface area contributed by atoms with Gasteiger partial charge in [-0.2, -0.15) is 0 Å². The van der Waals surface area contributed by atoms with E-state index in [4.69, 9.17) is 9.84 Å². The summed E-state index contributed by atoms with van der Waals surface area (Å²) in [4.78, 5) is 27.4. The number of ketones is 1.